The molecular formula is C21H28F3N3O7. The number of methoxy groups -OCH3 is 1. The van der Waals surface area contributed by atoms with Crippen LogP contribution < -0.4 is 10.6 Å². The largest absolute Gasteiger partial charge is 0.462 e. The van der Waals surface area contributed by atoms with Crippen LogP contribution in [-0.4, -0.2) is 87.9 Å². The van der Waals surface area contributed by atoms with Crippen molar-refractivity contribution in [3.63, 3.8) is 0 Å². The highest BCUT2D eigenvalue weighted by atomic mass is 19.4. The fourth-order valence-electron chi connectivity index (χ4n) is 2.72. The third-order valence-corrected chi connectivity index (χ3v) is 4.27. The summed E-state index contributed by atoms with van der Waals surface area (Å²) in [6.07, 6.45) is -6.08. The zero-order valence-electron chi connectivity index (χ0n) is 18.6. The molecule has 1 aromatic rings. The van der Waals surface area contributed by atoms with Crippen molar-refractivity contribution in [2.45, 2.75) is 25.2 Å². The van der Waals surface area contributed by atoms with Crippen molar-refractivity contribution >= 4 is 24.3 Å². The Balaban J connectivity index is 0.000000852. The number of halogens is 3. The van der Waals surface area contributed by atoms with Gasteiger partial charge in [-0.15, -0.1) is 0 Å². The highest BCUT2D eigenvalue weighted by molar-refractivity contribution is 5.77. The van der Waals surface area contributed by atoms with Crippen LogP contribution in [0, 0.1) is 0 Å². The molecule has 0 spiro atoms. The number of carbonyl (C=O) groups excluding carboxylic acids is 4. The number of amides is 2. The average Bonchev–Trinajstić information content (AvgIpc) is 2.82. The summed E-state index contributed by atoms with van der Waals surface area (Å²) >= 11 is 0. The molecule has 0 radical (unpaired) electrons. The number of hydrogen-bond acceptors (Lipinski definition) is 8. The van der Waals surface area contributed by atoms with E-state index in [0.29, 0.717) is 19.6 Å². The van der Waals surface area contributed by atoms with E-state index in [1.54, 1.807) is 4.90 Å². The zero-order valence-corrected chi connectivity index (χ0v) is 18.6. The van der Waals surface area contributed by atoms with Gasteiger partial charge in [0.25, 0.3) is 0 Å². The molecule has 1 aromatic carbocycles. The minimum atomic E-state index is -4.64. The third kappa shape index (κ3) is 13.4. The second kappa shape index (κ2) is 15.6. The molecule has 1 aliphatic rings. The fourth-order valence-corrected chi connectivity index (χ4v) is 2.72. The third-order valence-electron chi connectivity index (χ3n) is 4.27. The zero-order chi connectivity index (χ0) is 25.4. The standard InChI is InChI=1S/C19H27N3O6.C2HF3O/c1-26-14-18(24)27-13-16-11-22(10-9-20-16)17(23)7-8-21-19(25)28-12-15-5-3-2-4-6-15;3-2(4,5)1-6/h2-6,16,20H,7-14H2,1H3,(H,21,25);1H. The minimum Gasteiger partial charge on any atom is -0.462 e. The molecule has 0 bridgehead atoms. The first-order valence-corrected chi connectivity index (χ1v) is 10.3. The Kier molecular flexibility index (Phi) is 13.2. The Bertz CT molecular complexity index is 779. The number of piperazine rings is 1. The molecule has 0 aromatic heterocycles. The van der Waals surface area contributed by atoms with E-state index < -0.39 is 24.5 Å². The van der Waals surface area contributed by atoms with Gasteiger partial charge in [-0.25, -0.2) is 9.59 Å². The van der Waals surface area contributed by atoms with Crippen molar-refractivity contribution in [1.29, 1.82) is 0 Å². The van der Waals surface area contributed by atoms with Crippen LogP contribution >= 0.6 is 0 Å². The van der Waals surface area contributed by atoms with E-state index in [9.17, 15) is 27.6 Å². The number of esters is 1. The van der Waals surface area contributed by atoms with E-state index in [1.807, 2.05) is 30.3 Å². The van der Waals surface area contributed by atoms with Crippen molar-refractivity contribution in [2.24, 2.45) is 0 Å². The van der Waals surface area contributed by atoms with Gasteiger partial charge in [-0.1, -0.05) is 30.3 Å². The molecule has 1 saturated heterocycles. The van der Waals surface area contributed by atoms with E-state index in [4.69, 9.17) is 19.0 Å². The molecule has 13 heteroatoms. The van der Waals surface area contributed by atoms with E-state index in [1.165, 1.54) is 7.11 Å². The van der Waals surface area contributed by atoms with Crippen molar-refractivity contribution in [2.75, 3.05) is 46.5 Å². The van der Waals surface area contributed by atoms with Gasteiger partial charge in [0, 0.05) is 39.7 Å². The normalized spacial score (nSPS) is 15.4. The van der Waals surface area contributed by atoms with Gasteiger partial charge in [0.2, 0.25) is 12.2 Å². The van der Waals surface area contributed by atoms with E-state index in [-0.39, 0.29) is 44.7 Å². The number of nitrogens with one attached hydrogen (secondary N) is 2. The quantitative estimate of drug-likeness (QED) is 0.388. The van der Waals surface area contributed by atoms with Crippen LogP contribution in [0.5, 0.6) is 0 Å². The number of hydrogen-bond donors (Lipinski definition) is 2. The monoisotopic (exact) mass is 491 g/mol. The maximum atomic E-state index is 12.3. The summed E-state index contributed by atoms with van der Waals surface area (Å²) in [5.74, 6) is -0.510. The summed E-state index contributed by atoms with van der Waals surface area (Å²) in [5.41, 5.74) is 0.895. The number of benzene rings is 1. The van der Waals surface area contributed by atoms with Crippen molar-refractivity contribution in [3.05, 3.63) is 35.9 Å². The number of ether oxygens (including phenoxy) is 3. The van der Waals surface area contributed by atoms with Crippen LogP contribution in [0.4, 0.5) is 18.0 Å². The maximum absolute atomic E-state index is 12.3. The number of nitrogens with zero attached hydrogens (tertiary/aromatic N) is 1. The average molecular weight is 491 g/mol. The Morgan fingerprint density at radius 1 is 1.21 bits per heavy atom. The van der Waals surface area contributed by atoms with Gasteiger partial charge in [0.15, 0.2) is 0 Å². The Morgan fingerprint density at radius 2 is 1.88 bits per heavy atom. The molecule has 34 heavy (non-hydrogen) atoms. The predicted molar refractivity (Wildman–Crippen MR) is 113 cm³/mol. The number of alkyl halides is 3. The molecule has 2 amide bonds. The molecule has 1 fully saturated rings. The fraction of sp³-hybridized carbons (Fsp3) is 0.524. The summed E-state index contributed by atoms with van der Waals surface area (Å²) in [5, 5.41) is 5.79. The van der Waals surface area contributed by atoms with Crippen molar-refractivity contribution < 1.29 is 46.6 Å². The molecule has 190 valence electrons. The molecular weight excluding hydrogens is 463 g/mol. The molecule has 2 rings (SSSR count). The van der Waals surface area contributed by atoms with E-state index >= 15 is 0 Å². The highest BCUT2D eigenvalue weighted by Crippen LogP contribution is 2.08. The lowest BCUT2D eigenvalue weighted by Gasteiger charge is -2.33. The van der Waals surface area contributed by atoms with Gasteiger partial charge in [-0.05, 0) is 5.56 Å². The summed E-state index contributed by atoms with van der Waals surface area (Å²) in [6, 6.07) is 9.24. The first kappa shape index (κ1) is 28.8. The van der Waals surface area contributed by atoms with Crippen LogP contribution in [0.2, 0.25) is 0 Å². The summed E-state index contributed by atoms with van der Waals surface area (Å²) in [6.45, 7) is 2.09. The van der Waals surface area contributed by atoms with Crippen molar-refractivity contribution in [3.8, 4) is 0 Å². The second-order valence-corrected chi connectivity index (χ2v) is 7.00. The molecule has 2 N–H and O–H groups in total. The van der Waals surface area contributed by atoms with E-state index in [2.05, 4.69) is 10.6 Å². The van der Waals surface area contributed by atoms with Gasteiger partial charge < -0.3 is 29.7 Å². The second-order valence-electron chi connectivity index (χ2n) is 7.00. The van der Waals surface area contributed by atoms with Gasteiger partial charge in [0.05, 0.1) is 6.04 Å². The summed E-state index contributed by atoms with van der Waals surface area (Å²) in [7, 11) is 1.42. The number of carbonyl (C=O) groups is 4. The lowest BCUT2D eigenvalue weighted by molar-refractivity contribution is -0.156. The molecule has 10 nitrogen and oxygen atoms in total. The van der Waals surface area contributed by atoms with Gasteiger partial charge >= 0.3 is 18.2 Å². The van der Waals surface area contributed by atoms with Crippen LogP contribution in [-0.2, 0) is 35.2 Å². The molecule has 0 saturated carbocycles. The maximum Gasteiger partial charge on any atom is 0.446 e. The summed E-state index contributed by atoms with van der Waals surface area (Å²) in [4.78, 5) is 45.8. The molecule has 1 atom stereocenters. The Morgan fingerprint density at radius 3 is 2.50 bits per heavy atom. The number of rotatable bonds is 9. The van der Waals surface area contributed by atoms with Crippen LogP contribution in [0.3, 0.4) is 0 Å². The lowest BCUT2D eigenvalue weighted by atomic mass is 10.2. The van der Waals surface area contributed by atoms with Crippen LogP contribution in [0.1, 0.15) is 12.0 Å². The number of aldehydes is 1. The molecule has 0 aliphatic carbocycles. The molecule has 1 heterocycles. The van der Waals surface area contributed by atoms with E-state index in [0.717, 1.165) is 5.56 Å². The Hall–Kier alpha value is -3.19. The SMILES string of the molecule is COCC(=O)OCC1CN(C(=O)CCNC(=O)OCc2ccccc2)CCN1.O=CC(F)(F)F. The smallest absolute Gasteiger partial charge is 0.446 e. The topological polar surface area (TPSA) is 123 Å². The first-order chi connectivity index (χ1) is 16.1. The Labute approximate surface area is 194 Å². The summed E-state index contributed by atoms with van der Waals surface area (Å²) < 4.78 is 46.1. The molecule has 1 aliphatic heterocycles. The van der Waals surface area contributed by atoms with Crippen LogP contribution in [0.15, 0.2) is 30.3 Å². The lowest BCUT2D eigenvalue weighted by Crippen LogP contribution is -2.54. The highest BCUT2D eigenvalue weighted by Gasteiger charge is 2.25. The van der Waals surface area contributed by atoms with Gasteiger partial charge in [-0.2, -0.15) is 13.2 Å². The first-order valence-electron chi connectivity index (χ1n) is 10.3. The van der Waals surface area contributed by atoms with Gasteiger partial charge in [-0.3, -0.25) is 9.59 Å². The number of alkyl carbamates (subject to hydrolysis) is 1. The van der Waals surface area contributed by atoms with Crippen LogP contribution in [0.25, 0.3) is 0 Å². The molecule has 1 unspecified atom stereocenters. The predicted octanol–water partition coefficient (Wildman–Crippen LogP) is 1.04. The van der Waals surface area contributed by atoms with Gasteiger partial charge in [0.1, 0.15) is 19.8 Å². The minimum absolute atomic E-state index is 0.0712. The van der Waals surface area contributed by atoms with Crippen molar-refractivity contribution in [1.82, 2.24) is 15.5 Å².